The Balaban J connectivity index is 1.78. The zero-order chi connectivity index (χ0) is 19.4. The average Bonchev–Trinajstić information content (AvgIpc) is 2.63. The summed E-state index contributed by atoms with van der Waals surface area (Å²) in [6.45, 7) is 2.14. The number of halogens is 2. The number of para-hydroxylation sites is 1. The van der Waals surface area contributed by atoms with Crippen LogP contribution in [-0.2, 0) is 6.54 Å². The van der Waals surface area contributed by atoms with Crippen LogP contribution in [-0.4, -0.2) is 26.9 Å². The Bertz CT molecular complexity index is 919. The minimum Gasteiger partial charge on any atom is -0.368 e. The van der Waals surface area contributed by atoms with E-state index in [1.54, 1.807) is 7.05 Å². The van der Waals surface area contributed by atoms with Crippen LogP contribution in [0.1, 0.15) is 24.4 Å². The lowest BCUT2D eigenvalue weighted by atomic mass is 10.1. The fourth-order valence-electron chi connectivity index (χ4n) is 2.56. The summed E-state index contributed by atoms with van der Waals surface area (Å²) in [5.41, 5.74) is 7.03. The molecular weight excluding hydrogens is 350 g/mol. The molecule has 0 radical (unpaired) electrons. The van der Waals surface area contributed by atoms with Gasteiger partial charge in [0.1, 0.15) is 11.6 Å². The maximum absolute atomic E-state index is 13.9. The number of hydrogen-bond donors (Lipinski definition) is 2. The molecule has 0 spiro atoms. The molecule has 27 heavy (non-hydrogen) atoms. The van der Waals surface area contributed by atoms with E-state index in [-0.39, 0.29) is 18.5 Å². The van der Waals surface area contributed by atoms with E-state index in [0.29, 0.717) is 17.3 Å². The van der Waals surface area contributed by atoms with Gasteiger partial charge in [0, 0.05) is 23.9 Å². The van der Waals surface area contributed by atoms with Gasteiger partial charge < -0.3 is 11.1 Å². The third-order valence-electron chi connectivity index (χ3n) is 4.17. The second-order valence-electron chi connectivity index (χ2n) is 6.19. The zero-order valence-corrected chi connectivity index (χ0v) is 15.0. The van der Waals surface area contributed by atoms with Gasteiger partial charge in [0.25, 0.3) is 0 Å². The first-order valence-corrected chi connectivity index (χ1v) is 8.40. The first kappa shape index (κ1) is 18.7. The molecule has 0 fully saturated rings. The third kappa shape index (κ3) is 4.73. The van der Waals surface area contributed by atoms with Crippen LogP contribution >= 0.6 is 0 Å². The topological polar surface area (TPSA) is 80.0 Å². The van der Waals surface area contributed by atoms with Crippen molar-refractivity contribution >= 4 is 17.6 Å². The van der Waals surface area contributed by atoms with Gasteiger partial charge in [-0.2, -0.15) is 15.0 Å². The molecule has 8 heteroatoms. The van der Waals surface area contributed by atoms with E-state index in [4.69, 9.17) is 5.73 Å². The van der Waals surface area contributed by atoms with Crippen LogP contribution in [0.4, 0.5) is 26.4 Å². The number of aromatic nitrogens is 3. The van der Waals surface area contributed by atoms with Gasteiger partial charge in [-0.1, -0.05) is 24.3 Å². The fourth-order valence-corrected chi connectivity index (χ4v) is 2.56. The van der Waals surface area contributed by atoms with Crippen LogP contribution in [0.2, 0.25) is 0 Å². The molecule has 1 heterocycles. The van der Waals surface area contributed by atoms with Gasteiger partial charge in [0.2, 0.25) is 11.9 Å². The Morgan fingerprint density at radius 1 is 1.07 bits per heavy atom. The molecule has 0 aliphatic heterocycles. The van der Waals surface area contributed by atoms with Gasteiger partial charge in [-0.25, -0.2) is 8.78 Å². The van der Waals surface area contributed by atoms with E-state index in [9.17, 15) is 8.78 Å². The van der Waals surface area contributed by atoms with Crippen molar-refractivity contribution in [3.63, 3.8) is 0 Å². The molecule has 1 aromatic heterocycles. The molecule has 1 atom stereocenters. The summed E-state index contributed by atoms with van der Waals surface area (Å²) in [6.07, 6.45) is 0. The van der Waals surface area contributed by atoms with Crippen molar-refractivity contribution in [3.8, 4) is 0 Å². The molecule has 3 rings (SSSR count). The van der Waals surface area contributed by atoms with Crippen LogP contribution in [0.5, 0.6) is 0 Å². The molecule has 2 aromatic carbocycles. The summed E-state index contributed by atoms with van der Waals surface area (Å²) < 4.78 is 27.0. The molecule has 140 valence electrons. The largest absolute Gasteiger partial charge is 0.368 e. The van der Waals surface area contributed by atoms with E-state index in [1.807, 2.05) is 42.2 Å². The lowest BCUT2D eigenvalue weighted by Crippen LogP contribution is -2.25. The van der Waals surface area contributed by atoms with Gasteiger partial charge in [0.15, 0.2) is 5.82 Å². The predicted octanol–water partition coefficient (Wildman–Crippen LogP) is 3.67. The molecule has 3 aromatic rings. The van der Waals surface area contributed by atoms with Crippen molar-refractivity contribution < 1.29 is 8.78 Å². The van der Waals surface area contributed by atoms with Crippen LogP contribution in [0.3, 0.4) is 0 Å². The maximum atomic E-state index is 13.9. The van der Waals surface area contributed by atoms with Crippen molar-refractivity contribution in [3.05, 3.63) is 71.6 Å². The number of nitrogens with zero attached hydrogens (tertiary/aromatic N) is 4. The number of benzene rings is 2. The highest BCUT2D eigenvalue weighted by molar-refractivity contribution is 5.53. The lowest BCUT2D eigenvalue weighted by molar-refractivity contribution is 0.240. The van der Waals surface area contributed by atoms with Crippen LogP contribution < -0.4 is 11.1 Å². The molecule has 1 unspecified atom stereocenters. The molecule has 3 N–H and O–H groups in total. The van der Waals surface area contributed by atoms with Gasteiger partial charge in [-0.05, 0) is 32.2 Å². The van der Waals surface area contributed by atoms with Crippen molar-refractivity contribution in [2.24, 2.45) is 0 Å². The Hall–Kier alpha value is -3.13. The van der Waals surface area contributed by atoms with Gasteiger partial charge in [-0.3, -0.25) is 4.90 Å². The van der Waals surface area contributed by atoms with Crippen molar-refractivity contribution in [2.75, 3.05) is 18.1 Å². The Labute approximate surface area is 156 Å². The Kier molecular flexibility index (Phi) is 5.56. The molecule has 0 saturated carbocycles. The monoisotopic (exact) mass is 370 g/mol. The predicted molar refractivity (Wildman–Crippen MR) is 100 cm³/mol. The Morgan fingerprint density at radius 3 is 2.52 bits per heavy atom. The molecule has 0 aliphatic carbocycles. The average molecular weight is 370 g/mol. The van der Waals surface area contributed by atoms with Crippen molar-refractivity contribution in [1.29, 1.82) is 0 Å². The second-order valence-corrected chi connectivity index (χ2v) is 6.19. The molecule has 6 nitrogen and oxygen atoms in total. The second kappa shape index (κ2) is 8.05. The first-order chi connectivity index (χ1) is 12.9. The van der Waals surface area contributed by atoms with E-state index in [1.165, 1.54) is 12.1 Å². The number of hydrogen-bond acceptors (Lipinski definition) is 6. The van der Waals surface area contributed by atoms with Crippen molar-refractivity contribution in [2.45, 2.75) is 19.5 Å². The smallest absolute Gasteiger partial charge is 0.232 e. The SMILES string of the molecule is CC(c1nc(N)nc(Nc2ccccc2)n1)N(C)Cc1ccc(F)cc1F. The molecular formula is C19H20F2N6. The van der Waals surface area contributed by atoms with E-state index < -0.39 is 11.6 Å². The summed E-state index contributed by atoms with van der Waals surface area (Å²) in [6, 6.07) is 12.7. The molecule has 0 bridgehead atoms. The highest BCUT2D eigenvalue weighted by atomic mass is 19.1. The van der Waals surface area contributed by atoms with Crippen LogP contribution in [0.25, 0.3) is 0 Å². The summed E-state index contributed by atoms with van der Waals surface area (Å²) in [5.74, 6) is -0.320. The number of anilines is 3. The summed E-state index contributed by atoms with van der Waals surface area (Å²) in [5, 5.41) is 3.08. The lowest BCUT2D eigenvalue weighted by Gasteiger charge is -2.24. The van der Waals surface area contributed by atoms with Gasteiger partial charge in [-0.15, -0.1) is 0 Å². The quantitative estimate of drug-likeness (QED) is 0.689. The molecule has 0 amide bonds. The number of nitrogens with two attached hydrogens (primary N) is 1. The number of nitrogens with one attached hydrogen (secondary N) is 1. The maximum Gasteiger partial charge on any atom is 0.232 e. The van der Waals surface area contributed by atoms with Crippen LogP contribution in [0, 0.1) is 11.6 Å². The summed E-state index contributed by atoms with van der Waals surface area (Å²) in [7, 11) is 1.80. The molecule has 0 saturated heterocycles. The normalized spacial score (nSPS) is 12.2. The van der Waals surface area contributed by atoms with E-state index in [2.05, 4.69) is 20.3 Å². The van der Waals surface area contributed by atoms with E-state index in [0.717, 1.165) is 11.8 Å². The van der Waals surface area contributed by atoms with Gasteiger partial charge >= 0.3 is 0 Å². The summed E-state index contributed by atoms with van der Waals surface area (Å²) in [4.78, 5) is 14.6. The summed E-state index contributed by atoms with van der Waals surface area (Å²) >= 11 is 0. The van der Waals surface area contributed by atoms with Crippen LogP contribution in [0.15, 0.2) is 48.5 Å². The molecule has 0 aliphatic rings. The third-order valence-corrected chi connectivity index (χ3v) is 4.17. The highest BCUT2D eigenvalue weighted by Crippen LogP contribution is 2.21. The highest BCUT2D eigenvalue weighted by Gasteiger charge is 2.18. The fraction of sp³-hybridized carbons (Fsp3) is 0.211. The van der Waals surface area contributed by atoms with Gasteiger partial charge in [0.05, 0.1) is 6.04 Å². The minimum atomic E-state index is -0.603. The minimum absolute atomic E-state index is 0.0895. The number of rotatable bonds is 6. The first-order valence-electron chi connectivity index (χ1n) is 8.40. The zero-order valence-electron chi connectivity index (χ0n) is 15.0. The number of nitrogen functional groups attached to an aromatic ring is 1. The van der Waals surface area contributed by atoms with Crippen molar-refractivity contribution in [1.82, 2.24) is 19.9 Å². The van der Waals surface area contributed by atoms with E-state index >= 15 is 0 Å². The Morgan fingerprint density at radius 2 is 1.81 bits per heavy atom. The standard InChI is InChI=1S/C19H20F2N6/c1-12(27(2)11-13-8-9-14(20)10-16(13)21)17-24-18(22)26-19(25-17)23-15-6-4-3-5-7-15/h3-10,12H,11H2,1-2H3,(H3,22,23,24,25,26).